The van der Waals surface area contributed by atoms with Crippen LogP contribution >= 0.6 is 0 Å². The van der Waals surface area contributed by atoms with E-state index in [0.29, 0.717) is 17.1 Å². The lowest BCUT2D eigenvalue weighted by atomic mass is 10.1. The molecule has 0 aliphatic heterocycles. The average Bonchev–Trinajstić information content (AvgIpc) is 3.10. The highest BCUT2D eigenvalue weighted by atomic mass is 32.2. The molecule has 1 amide bonds. The van der Waals surface area contributed by atoms with E-state index < -0.39 is 28.3 Å². The first-order valence-electron chi connectivity index (χ1n) is 7.67. The molecule has 146 valence electrons. The highest BCUT2D eigenvalue weighted by Gasteiger charge is 2.24. The first-order valence-corrected chi connectivity index (χ1v) is 9.56. The molecule has 27 heavy (non-hydrogen) atoms. The predicted molar refractivity (Wildman–Crippen MR) is 93.7 cm³/mol. The highest BCUT2D eigenvalue weighted by Crippen LogP contribution is 2.24. The van der Waals surface area contributed by atoms with Crippen molar-refractivity contribution in [2.75, 3.05) is 27.0 Å². The number of furan rings is 1. The summed E-state index contributed by atoms with van der Waals surface area (Å²) in [6.07, 6.45) is 0.942. The number of carbonyl (C=O) groups excluding carboxylic acids is 1. The number of methoxy groups -OCH3 is 2. The fourth-order valence-electron chi connectivity index (χ4n) is 2.33. The van der Waals surface area contributed by atoms with Crippen molar-refractivity contribution < 1.29 is 37.0 Å². The van der Waals surface area contributed by atoms with Gasteiger partial charge in [-0.3, -0.25) is 9.59 Å². The van der Waals surface area contributed by atoms with Gasteiger partial charge in [-0.2, -0.15) is 0 Å². The monoisotopic (exact) mass is 397 g/mol. The standard InChI is InChI=1S/C17H19NO8S/c1-24-12-6-11(7-13(8-12)25-2)9-18(10-15(19)20)17(21)14-4-5-16(26-14)27(3,22)23/h4-8H,9-10H2,1-3H3,(H,19,20). The van der Waals surface area contributed by atoms with E-state index >= 15 is 0 Å². The van der Waals surface area contributed by atoms with Gasteiger partial charge in [0, 0.05) is 18.9 Å². The van der Waals surface area contributed by atoms with Gasteiger partial charge in [0.25, 0.3) is 5.91 Å². The first kappa shape index (κ1) is 20.3. The molecule has 1 aromatic carbocycles. The molecule has 0 fully saturated rings. The third-order valence-electron chi connectivity index (χ3n) is 3.56. The van der Waals surface area contributed by atoms with Crippen molar-refractivity contribution in [2.45, 2.75) is 11.6 Å². The zero-order valence-electron chi connectivity index (χ0n) is 15.0. The number of carboxylic acids is 1. The lowest BCUT2D eigenvalue weighted by Gasteiger charge is -2.20. The zero-order valence-corrected chi connectivity index (χ0v) is 15.8. The summed E-state index contributed by atoms with van der Waals surface area (Å²) < 4.78 is 38.4. The first-order chi connectivity index (χ1) is 12.6. The maximum Gasteiger partial charge on any atom is 0.323 e. The van der Waals surface area contributed by atoms with Crippen LogP contribution in [-0.4, -0.2) is 57.3 Å². The second-order valence-electron chi connectivity index (χ2n) is 5.67. The zero-order chi connectivity index (χ0) is 20.2. The van der Waals surface area contributed by atoms with Crippen LogP contribution in [0.15, 0.2) is 39.8 Å². The van der Waals surface area contributed by atoms with Gasteiger partial charge in [0.1, 0.15) is 18.0 Å². The van der Waals surface area contributed by atoms with Crippen LogP contribution < -0.4 is 9.47 Å². The summed E-state index contributed by atoms with van der Waals surface area (Å²) >= 11 is 0. The summed E-state index contributed by atoms with van der Waals surface area (Å²) in [6, 6.07) is 7.25. The fourth-order valence-corrected chi connectivity index (χ4v) is 2.89. The molecule has 1 N–H and O–H groups in total. The van der Waals surface area contributed by atoms with E-state index in [1.807, 2.05) is 0 Å². The molecule has 0 aliphatic carbocycles. The minimum absolute atomic E-state index is 0.0758. The number of rotatable bonds is 8. The van der Waals surface area contributed by atoms with E-state index in [9.17, 15) is 18.0 Å². The number of hydrogen-bond donors (Lipinski definition) is 1. The molecule has 0 unspecified atom stereocenters. The molecule has 1 heterocycles. The molecule has 0 saturated carbocycles. The van der Waals surface area contributed by atoms with Crippen LogP contribution in [0.25, 0.3) is 0 Å². The molecule has 0 atom stereocenters. The number of carbonyl (C=O) groups is 2. The van der Waals surface area contributed by atoms with Crippen LogP contribution in [0.2, 0.25) is 0 Å². The summed E-state index contributed by atoms with van der Waals surface area (Å²) in [4.78, 5) is 24.8. The van der Waals surface area contributed by atoms with Crippen molar-refractivity contribution in [1.29, 1.82) is 0 Å². The Balaban J connectivity index is 2.34. The summed E-state index contributed by atoms with van der Waals surface area (Å²) in [5.41, 5.74) is 0.565. The lowest BCUT2D eigenvalue weighted by Crippen LogP contribution is -2.35. The van der Waals surface area contributed by atoms with Crippen LogP contribution in [0.1, 0.15) is 16.1 Å². The van der Waals surface area contributed by atoms with Gasteiger partial charge in [0.05, 0.1) is 14.2 Å². The molecular weight excluding hydrogens is 378 g/mol. The van der Waals surface area contributed by atoms with E-state index in [2.05, 4.69) is 0 Å². The van der Waals surface area contributed by atoms with Gasteiger partial charge in [-0.05, 0) is 29.8 Å². The second kappa shape index (κ2) is 8.12. The van der Waals surface area contributed by atoms with E-state index in [0.717, 1.165) is 17.2 Å². The summed E-state index contributed by atoms with van der Waals surface area (Å²) in [6.45, 7) is -0.680. The number of aliphatic carboxylic acids is 1. The molecule has 9 nitrogen and oxygen atoms in total. The summed E-state index contributed by atoms with van der Waals surface area (Å²) in [5, 5.41) is 8.75. The van der Waals surface area contributed by atoms with Gasteiger partial charge in [0.2, 0.25) is 14.9 Å². The largest absolute Gasteiger partial charge is 0.497 e. The van der Waals surface area contributed by atoms with Crippen molar-refractivity contribution in [3.8, 4) is 11.5 Å². The fraction of sp³-hybridized carbons (Fsp3) is 0.294. The van der Waals surface area contributed by atoms with Crippen LogP contribution in [0.3, 0.4) is 0 Å². The quantitative estimate of drug-likeness (QED) is 0.709. The Morgan fingerprint density at radius 1 is 1.11 bits per heavy atom. The van der Waals surface area contributed by atoms with Crippen molar-refractivity contribution in [1.82, 2.24) is 4.90 Å². The second-order valence-corrected chi connectivity index (χ2v) is 7.61. The molecule has 0 bridgehead atoms. The van der Waals surface area contributed by atoms with Gasteiger partial charge >= 0.3 is 5.97 Å². The smallest absolute Gasteiger partial charge is 0.323 e. The van der Waals surface area contributed by atoms with Gasteiger partial charge < -0.3 is 23.9 Å². The molecular formula is C17H19NO8S. The molecule has 0 radical (unpaired) electrons. The third kappa shape index (κ3) is 5.23. The van der Waals surface area contributed by atoms with Crippen molar-refractivity contribution >= 4 is 21.7 Å². The topological polar surface area (TPSA) is 123 Å². The maximum atomic E-state index is 12.6. The molecule has 0 aliphatic rings. The van der Waals surface area contributed by atoms with Crippen LogP contribution in [0.4, 0.5) is 0 Å². The Labute approximate surface area is 156 Å². The number of benzene rings is 1. The molecule has 0 spiro atoms. The normalized spacial score (nSPS) is 11.1. The average molecular weight is 397 g/mol. The maximum absolute atomic E-state index is 12.6. The Kier molecular flexibility index (Phi) is 6.11. The lowest BCUT2D eigenvalue weighted by molar-refractivity contribution is -0.137. The minimum Gasteiger partial charge on any atom is -0.497 e. The Morgan fingerprint density at radius 3 is 2.15 bits per heavy atom. The SMILES string of the molecule is COc1cc(CN(CC(=O)O)C(=O)c2ccc(S(C)(=O)=O)o2)cc(OC)c1. The van der Waals surface area contributed by atoms with Gasteiger partial charge in [0.15, 0.2) is 5.76 Å². The van der Waals surface area contributed by atoms with Crippen LogP contribution in [0.5, 0.6) is 11.5 Å². The summed E-state index contributed by atoms with van der Waals surface area (Å²) in [5.74, 6) is -1.30. The van der Waals surface area contributed by atoms with E-state index in [-0.39, 0.29) is 17.4 Å². The molecule has 1 aromatic heterocycles. The Bertz CT molecular complexity index is 925. The number of carboxylic acid groups (broad SMARTS) is 1. The number of ether oxygens (including phenoxy) is 2. The molecule has 10 heteroatoms. The van der Waals surface area contributed by atoms with Crippen molar-refractivity contribution in [2.24, 2.45) is 0 Å². The van der Waals surface area contributed by atoms with Gasteiger partial charge in [-0.15, -0.1) is 0 Å². The van der Waals surface area contributed by atoms with E-state index in [1.165, 1.54) is 20.3 Å². The number of amides is 1. The van der Waals surface area contributed by atoms with Crippen LogP contribution in [-0.2, 0) is 21.2 Å². The highest BCUT2D eigenvalue weighted by molar-refractivity contribution is 7.90. The number of sulfone groups is 1. The Hall–Kier alpha value is -3.01. The van der Waals surface area contributed by atoms with Gasteiger partial charge in [-0.1, -0.05) is 0 Å². The van der Waals surface area contributed by atoms with E-state index in [4.69, 9.17) is 19.0 Å². The molecule has 0 saturated heterocycles. The van der Waals surface area contributed by atoms with Crippen molar-refractivity contribution in [3.05, 3.63) is 41.7 Å². The number of nitrogens with zero attached hydrogens (tertiary/aromatic N) is 1. The molecule has 2 aromatic rings. The third-order valence-corrected chi connectivity index (χ3v) is 4.51. The molecule has 2 rings (SSSR count). The minimum atomic E-state index is -3.63. The summed E-state index contributed by atoms with van der Waals surface area (Å²) in [7, 11) is -0.695. The predicted octanol–water partition coefficient (Wildman–Crippen LogP) is 1.43. The Morgan fingerprint density at radius 2 is 1.70 bits per heavy atom. The van der Waals surface area contributed by atoms with Crippen molar-refractivity contribution in [3.63, 3.8) is 0 Å². The number of hydrogen-bond acceptors (Lipinski definition) is 7. The van der Waals surface area contributed by atoms with Gasteiger partial charge in [-0.25, -0.2) is 8.42 Å². The van der Waals surface area contributed by atoms with E-state index in [1.54, 1.807) is 18.2 Å². The van der Waals surface area contributed by atoms with Crippen LogP contribution in [0, 0.1) is 0 Å².